The number of anilines is 1. The minimum Gasteiger partial charge on any atom is -0.310 e. The lowest BCUT2D eigenvalue weighted by atomic mass is 9.74. The molecule has 1 amide bonds. The fraction of sp³-hybridized carbons (Fsp3) is 0.583. The molecule has 1 aromatic heterocycles. The first-order valence-electron chi connectivity index (χ1n) is 5.89. The second-order valence-electron chi connectivity index (χ2n) is 4.55. The molecule has 0 aromatic carbocycles. The van der Waals surface area contributed by atoms with E-state index in [1.165, 1.54) is 0 Å². The van der Waals surface area contributed by atoms with E-state index in [9.17, 15) is 10.1 Å². The van der Waals surface area contributed by atoms with Gasteiger partial charge in [-0.15, -0.1) is 0 Å². The molecule has 0 aliphatic heterocycles. The summed E-state index contributed by atoms with van der Waals surface area (Å²) in [5.41, 5.74) is -0.845. The molecule has 90 valence electrons. The summed E-state index contributed by atoms with van der Waals surface area (Å²) >= 11 is 0. The first kappa shape index (κ1) is 11.6. The number of carbonyl (C=O) groups is 1. The highest BCUT2D eigenvalue weighted by molar-refractivity contribution is 5.96. The Balaban J connectivity index is 2.13. The van der Waals surface area contributed by atoms with Crippen LogP contribution in [0, 0.1) is 16.7 Å². The molecule has 0 unspecified atom stereocenters. The van der Waals surface area contributed by atoms with Crippen molar-refractivity contribution in [2.45, 2.75) is 32.1 Å². The molecule has 1 aliphatic rings. The van der Waals surface area contributed by atoms with Gasteiger partial charge in [0.2, 0.25) is 5.91 Å². The highest BCUT2D eigenvalue weighted by Gasteiger charge is 2.40. The zero-order valence-corrected chi connectivity index (χ0v) is 9.94. The summed E-state index contributed by atoms with van der Waals surface area (Å²) in [6, 6.07) is 3.94. The summed E-state index contributed by atoms with van der Waals surface area (Å²) < 4.78 is 1.59. The molecule has 0 bridgehead atoms. The lowest BCUT2D eigenvalue weighted by Crippen LogP contribution is -2.37. The van der Waals surface area contributed by atoms with Crippen LogP contribution < -0.4 is 5.32 Å². The third-order valence-electron chi connectivity index (χ3n) is 3.42. The van der Waals surface area contributed by atoms with Crippen LogP contribution in [0.3, 0.4) is 0 Å². The molecule has 5 heteroatoms. The van der Waals surface area contributed by atoms with Crippen molar-refractivity contribution >= 4 is 11.7 Å². The molecule has 1 aromatic rings. The van der Waals surface area contributed by atoms with Crippen molar-refractivity contribution in [2.24, 2.45) is 12.5 Å². The number of carbonyl (C=O) groups excluding carboxylic acids is 1. The molecule has 2 rings (SSSR count). The van der Waals surface area contributed by atoms with Crippen molar-refractivity contribution in [2.75, 3.05) is 5.32 Å². The van der Waals surface area contributed by atoms with Gasteiger partial charge in [-0.3, -0.25) is 9.48 Å². The van der Waals surface area contributed by atoms with Crippen LogP contribution in [0.25, 0.3) is 0 Å². The maximum absolute atomic E-state index is 12.2. The molecule has 0 saturated heterocycles. The standard InChI is InChI=1S/C12H16N4O/c1-16-10(5-8-14-16)15-11(17)12(9-13)6-3-2-4-7-12/h5,8H,2-4,6-7H2,1H3,(H,15,17). The number of hydrogen-bond donors (Lipinski definition) is 1. The summed E-state index contributed by atoms with van der Waals surface area (Å²) in [5.74, 6) is 0.443. The first-order valence-corrected chi connectivity index (χ1v) is 5.89. The van der Waals surface area contributed by atoms with Gasteiger partial charge in [-0.05, 0) is 12.8 Å². The third-order valence-corrected chi connectivity index (χ3v) is 3.42. The van der Waals surface area contributed by atoms with Gasteiger partial charge < -0.3 is 5.32 Å². The monoisotopic (exact) mass is 232 g/mol. The SMILES string of the molecule is Cn1nccc1NC(=O)C1(C#N)CCCCC1. The highest BCUT2D eigenvalue weighted by Crippen LogP contribution is 2.36. The van der Waals surface area contributed by atoms with E-state index in [1.807, 2.05) is 0 Å². The first-order chi connectivity index (χ1) is 8.18. The molecule has 0 atom stereocenters. The number of rotatable bonds is 2. The Bertz CT molecular complexity index is 451. The van der Waals surface area contributed by atoms with Crippen molar-refractivity contribution in [3.63, 3.8) is 0 Å². The van der Waals surface area contributed by atoms with E-state index in [-0.39, 0.29) is 5.91 Å². The zero-order valence-electron chi connectivity index (χ0n) is 9.94. The lowest BCUT2D eigenvalue weighted by Gasteiger charge is -2.28. The number of nitriles is 1. The van der Waals surface area contributed by atoms with Gasteiger partial charge in [-0.25, -0.2) is 0 Å². The van der Waals surface area contributed by atoms with Gasteiger partial charge in [0.05, 0.1) is 12.3 Å². The molecular weight excluding hydrogens is 216 g/mol. The van der Waals surface area contributed by atoms with Crippen LogP contribution in [0.5, 0.6) is 0 Å². The average molecular weight is 232 g/mol. The van der Waals surface area contributed by atoms with Gasteiger partial charge in [-0.2, -0.15) is 10.4 Å². The van der Waals surface area contributed by atoms with E-state index >= 15 is 0 Å². The Morgan fingerprint density at radius 3 is 2.76 bits per heavy atom. The lowest BCUT2D eigenvalue weighted by molar-refractivity contribution is -0.124. The van der Waals surface area contributed by atoms with Gasteiger partial charge in [0.1, 0.15) is 11.2 Å². The number of nitrogens with zero attached hydrogens (tertiary/aromatic N) is 3. The molecule has 1 fully saturated rings. The number of hydrogen-bond acceptors (Lipinski definition) is 3. The Hall–Kier alpha value is -1.83. The van der Waals surface area contributed by atoms with Crippen LogP contribution in [-0.2, 0) is 11.8 Å². The molecule has 1 saturated carbocycles. The van der Waals surface area contributed by atoms with Gasteiger partial charge in [0.15, 0.2) is 0 Å². The van der Waals surface area contributed by atoms with E-state index in [4.69, 9.17) is 0 Å². The van der Waals surface area contributed by atoms with Crippen LogP contribution in [0.4, 0.5) is 5.82 Å². The predicted octanol–water partition coefficient (Wildman–Crippen LogP) is 1.83. The highest BCUT2D eigenvalue weighted by atomic mass is 16.2. The number of nitrogens with one attached hydrogen (secondary N) is 1. The maximum atomic E-state index is 12.2. The summed E-state index contributed by atoms with van der Waals surface area (Å²) in [7, 11) is 1.76. The minimum atomic E-state index is -0.845. The second-order valence-corrected chi connectivity index (χ2v) is 4.55. The average Bonchev–Trinajstić information content (AvgIpc) is 2.76. The molecule has 1 aliphatic carbocycles. The smallest absolute Gasteiger partial charge is 0.245 e. The van der Waals surface area contributed by atoms with E-state index in [1.54, 1.807) is 24.0 Å². The van der Waals surface area contributed by atoms with Gasteiger partial charge >= 0.3 is 0 Å². The van der Waals surface area contributed by atoms with Crippen LogP contribution in [0.15, 0.2) is 12.3 Å². The summed E-state index contributed by atoms with van der Waals surface area (Å²) in [6.07, 6.45) is 5.96. The Morgan fingerprint density at radius 2 is 2.24 bits per heavy atom. The third kappa shape index (κ3) is 2.16. The van der Waals surface area contributed by atoms with E-state index in [0.717, 1.165) is 19.3 Å². The normalized spacial score (nSPS) is 18.4. The van der Waals surface area contributed by atoms with E-state index in [2.05, 4.69) is 16.5 Å². The molecule has 17 heavy (non-hydrogen) atoms. The molecular formula is C12H16N4O. The second kappa shape index (κ2) is 4.58. The van der Waals surface area contributed by atoms with Crippen LogP contribution in [0.2, 0.25) is 0 Å². The van der Waals surface area contributed by atoms with Crippen molar-refractivity contribution in [1.29, 1.82) is 5.26 Å². The number of aryl methyl sites for hydroxylation is 1. The van der Waals surface area contributed by atoms with Crippen molar-refractivity contribution in [1.82, 2.24) is 9.78 Å². The largest absolute Gasteiger partial charge is 0.310 e. The van der Waals surface area contributed by atoms with E-state index in [0.29, 0.717) is 18.7 Å². The maximum Gasteiger partial charge on any atom is 0.245 e. The molecule has 0 spiro atoms. The summed E-state index contributed by atoms with van der Waals surface area (Å²) in [6.45, 7) is 0. The molecule has 1 heterocycles. The molecule has 0 radical (unpaired) electrons. The zero-order chi connectivity index (χ0) is 12.3. The van der Waals surface area contributed by atoms with Gasteiger partial charge in [0.25, 0.3) is 0 Å². The van der Waals surface area contributed by atoms with Gasteiger partial charge in [-0.1, -0.05) is 19.3 Å². The summed E-state index contributed by atoms with van der Waals surface area (Å²) in [5, 5.41) is 16.0. The molecule has 1 N–H and O–H groups in total. The number of aromatic nitrogens is 2. The van der Waals surface area contributed by atoms with Crippen LogP contribution >= 0.6 is 0 Å². The fourth-order valence-electron chi connectivity index (χ4n) is 2.28. The summed E-state index contributed by atoms with van der Waals surface area (Å²) in [4.78, 5) is 12.2. The molecule has 5 nitrogen and oxygen atoms in total. The quantitative estimate of drug-likeness (QED) is 0.845. The van der Waals surface area contributed by atoms with E-state index < -0.39 is 5.41 Å². The number of amides is 1. The van der Waals surface area contributed by atoms with Crippen LogP contribution in [-0.4, -0.2) is 15.7 Å². The Kier molecular flexibility index (Phi) is 3.14. The van der Waals surface area contributed by atoms with Crippen molar-refractivity contribution in [3.05, 3.63) is 12.3 Å². The van der Waals surface area contributed by atoms with Crippen molar-refractivity contribution < 1.29 is 4.79 Å². The fourth-order valence-corrected chi connectivity index (χ4v) is 2.28. The minimum absolute atomic E-state index is 0.191. The predicted molar refractivity (Wildman–Crippen MR) is 63.0 cm³/mol. The van der Waals surface area contributed by atoms with Crippen molar-refractivity contribution in [3.8, 4) is 6.07 Å². The topological polar surface area (TPSA) is 70.7 Å². The Labute approximate surface area is 100 Å². The Morgan fingerprint density at radius 1 is 1.53 bits per heavy atom. The van der Waals surface area contributed by atoms with Crippen LogP contribution in [0.1, 0.15) is 32.1 Å². The van der Waals surface area contributed by atoms with Gasteiger partial charge in [0, 0.05) is 13.1 Å².